The van der Waals surface area contributed by atoms with Gasteiger partial charge in [-0.15, -0.1) is 0 Å². The van der Waals surface area contributed by atoms with Crippen molar-refractivity contribution < 1.29 is 24.5 Å². The van der Waals surface area contributed by atoms with E-state index >= 15 is 0 Å². The minimum absolute atomic E-state index is 0.0377. The summed E-state index contributed by atoms with van der Waals surface area (Å²) in [7, 11) is 0. The number of hydrogen-bond acceptors (Lipinski definition) is 5. The molecule has 2 rings (SSSR count). The molecule has 0 amide bonds. The molecule has 1 aromatic carbocycles. The number of anilines is 1. The molecule has 0 saturated carbocycles. The van der Waals surface area contributed by atoms with E-state index in [1.54, 1.807) is 12.1 Å². The molecule has 0 aromatic heterocycles. The van der Waals surface area contributed by atoms with Crippen molar-refractivity contribution in [1.29, 1.82) is 0 Å². The van der Waals surface area contributed by atoms with Crippen molar-refractivity contribution >= 4 is 11.7 Å². The van der Waals surface area contributed by atoms with E-state index in [9.17, 15) is 9.90 Å². The number of benzene rings is 1. The SMILES string of the molecule is O=C(O)CCC(O)CNc1ccc2c(c1)OCCO2. The van der Waals surface area contributed by atoms with Crippen LogP contribution in [0.4, 0.5) is 5.69 Å². The Labute approximate surface area is 111 Å². The maximum Gasteiger partial charge on any atom is 0.303 e. The third-order valence-corrected chi connectivity index (χ3v) is 2.78. The van der Waals surface area contributed by atoms with Crippen LogP contribution in [-0.2, 0) is 4.79 Å². The lowest BCUT2D eigenvalue weighted by atomic mass is 10.2. The molecule has 104 valence electrons. The van der Waals surface area contributed by atoms with Gasteiger partial charge < -0.3 is 25.0 Å². The molecule has 0 saturated heterocycles. The Morgan fingerprint density at radius 2 is 2.05 bits per heavy atom. The summed E-state index contributed by atoms with van der Waals surface area (Å²) in [4.78, 5) is 10.4. The van der Waals surface area contributed by atoms with Crippen molar-refractivity contribution in [2.45, 2.75) is 18.9 Å². The van der Waals surface area contributed by atoms with Gasteiger partial charge in [0.15, 0.2) is 11.5 Å². The van der Waals surface area contributed by atoms with Gasteiger partial charge in [-0.05, 0) is 18.6 Å². The molecular formula is C13H17NO5. The molecule has 1 aliphatic heterocycles. The van der Waals surface area contributed by atoms with E-state index in [0.29, 0.717) is 31.3 Å². The zero-order valence-corrected chi connectivity index (χ0v) is 10.5. The molecule has 1 heterocycles. The van der Waals surface area contributed by atoms with Crippen LogP contribution < -0.4 is 14.8 Å². The number of aliphatic hydroxyl groups excluding tert-OH is 1. The number of aliphatic hydroxyl groups is 1. The van der Waals surface area contributed by atoms with Crippen LogP contribution in [0.2, 0.25) is 0 Å². The highest BCUT2D eigenvalue weighted by atomic mass is 16.6. The fourth-order valence-electron chi connectivity index (χ4n) is 1.78. The Morgan fingerprint density at radius 1 is 1.32 bits per heavy atom. The highest BCUT2D eigenvalue weighted by Gasteiger charge is 2.12. The molecule has 1 unspecified atom stereocenters. The average molecular weight is 267 g/mol. The molecule has 3 N–H and O–H groups in total. The summed E-state index contributed by atoms with van der Waals surface area (Å²) >= 11 is 0. The number of ether oxygens (including phenoxy) is 2. The van der Waals surface area contributed by atoms with Crippen LogP contribution in [0.15, 0.2) is 18.2 Å². The highest BCUT2D eigenvalue weighted by molar-refractivity contribution is 5.66. The molecule has 0 radical (unpaired) electrons. The summed E-state index contributed by atoms with van der Waals surface area (Å²) < 4.78 is 10.8. The smallest absolute Gasteiger partial charge is 0.303 e. The summed E-state index contributed by atoms with van der Waals surface area (Å²) in [6, 6.07) is 5.44. The first-order chi connectivity index (χ1) is 9.15. The molecule has 19 heavy (non-hydrogen) atoms. The first kappa shape index (κ1) is 13.5. The molecule has 0 bridgehead atoms. The monoisotopic (exact) mass is 267 g/mol. The highest BCUT2D eigenvalue weighted by Crippen LogP contribution is 2.32. The van der Waals surface area contributed by atoms with Crippen LogP contribution in [-0.4, -0.2) is 42.0 Å². The van der Waals surface area contributed by atoms with Gasteiger partial charge in [0.05, 0.1) is 6.10 Å². The number of aliphatic carboxylic acids is 1. The Balaban J connectivity index is 1.84. The van der Waals surface area contributed by atoms with Gasteiger partial charge in [0.1, 0.15) is 13.2 Å². The predicted octanol–water partition coefficient (Wildman–Crippen LogP) is 1.10. The zero-order chi connectivity index (χ0) is 13.7. The second kappa shape index (κ2) is 6.29. The number of hydrogen-bond donors (Lipinski definition) is 3. The average Bonchev–Trinajstić information content (AvgIpc) is 2.42. The molecule has 6 nitrogen and oxygen atoms in total. The van der Waals surface area contributed by atoms with Gasteiger partial charge in [0.2, 0.25) is 0 Å². The molecule has 0 spiro atoms. The summed E-state index contributed by atoms with van der Waals surface area (Å²) in [6.07, 6.45) is -0.499. The first-order valence-corrected chi connectivity index (χ1v) is 6.18. The van der Waals surface area contributed by atoms with E-state index in [1.165, 1.54) is 0 Å². The van der Waals surface area contributed by atoms with Gasteiger partial charge in [-0.2, -0.15) is 0 Å². The van der Waals surface area contributed by atoms with Crippen molar-refractivity contribution in [3.63, 3.8) is 0 Å². The predicted molar refractivity (Wildman–Crippen MR) is 68.8 cm³/mol. The Bertz CT molecular complexity index is 449. The maximum atomic E-state index is 10.4. The van der Waals surface area contributed by atoms with Crippen LogP contribution >= 0.6 is 0 Å². The largest absolute Gasteiger partial charge is 0.486 e. The summed E-state index contributed by atoms with van der Waals surface area (Å²) in [5, 5.41) is 21.2. The topological polar surface area (TPSA) is 88.0 Å². The number of carboxylic acids is 1. The van der Waals surface area contributed by atoms with Gasteiger partial charge in [0.25, 0.3) is 0 Å². The summed E-state index contributed by atoms with van der Waals surface area (Å²) in [5.41, 5.74) is 0.804. The maximum absolute atomic E-state index is 10.4. The quantitative estimate of drug-likeness (QED) is 0.715. The minimum atomic E-state index is -0.904. The molecule has 1 atom stereocenters. The molecule has 6 heteroatoms. The van der Waals surface area contributed by atoms with Crippen LogP contribution in [0.3, 0.4) is 0 Å². The Morgan fingerprint density at radius 3 is 2.79 bits per heavy atom. The normalized spacial score (nSPS) is 14.8. The van der Waals surface area contributed by atoms with E-state index in [0.717, 1.165) is 5.69 Å². The van der Waals surface area contributed by atoms with E-state index in [4.69, 9.17) is 14.6 Å². The second-order valence-corrected chi connectivity index (χ2v) is 4.33. The molecule has 1 aliphatic rings. The third kappa shape index (κ3) is 4.03. The fraction of sp³-hybridized carbons (Fsp3) is 0.462. The third-order valence-electron chi connectivity index (χ3n) is 2.78. The van der Waals surface area contributed by atoms with Gasteiger partial charge in [-0.3, -0.25) is 4.79 Å². The van der Waals surface area contributed by atoms with Crippen molar-refractivity contribution in [2.75, 3.05) is 25.1 Å². The number of rotatable bonds is 6. The van der Waals surface area contributed by atoms with Crippen LogP contribution in [0.5, 0.6) is 11.5 Å². The van der Waals surface area contributed by atoms with E-state index in [-0.39, 0.29) is 12.8 Å². The zero-order valence-electron chi connectivity index (χ0n) is 10.5. The fourth-order valence-corrected chi connectivity index (χ4v) is 1.78. The minimum Gasteiger partial charge on any atom is -0.486 e. The van der Waals surface area contributed by atoms with Gasteiger partial charge in [-0.1, -0.05) is 0 Å². The Kier molecular flexibility index (Phi) is 4.46. The van der Waals surface area contributed by atoms with Gasteiger partial charge in [-0.25, -0.2) is 0 Å². The molecule has 1 aromatic rings. The lowest BCUT2D eigenvalue weighted by Crippen LogP contribution is -2.21. The van der Waals surface area contributed by atoms with Crippen molar-refractivity contribution in [3.8, 4) is 11.5 Å². The van der Waals surface area contributed by atoms with Crippen LogP contribution in [0.25, 0.3) is 0 Å². The van der Waals surface area contributed by atoms with Crippen molar-refractivity contribution in [2.24, 2.45) is 0 Å². The van der Waals surface area contributed by atoms with Gasteiger partial charge >= 0.3 is 5.97 Å². The lowest BCUT2D eigenvalue weighted by Gasteiger charge is -2.19. The van der Waals surface area contributed by atoms with E-state index in [1.807, 2.05) is 6.07 Å². The van der Waals surface area contributed by atoms with Crippen LogP contribution in [0.1, 0.15) is 12.8 Å². The number of carbonyl (C=O) groups is 1. The van der Waals surface area contributed by atoms with E-state index < -0.39 is 12.1 Å². The summed E-state index contributed by atoms with van der Waals surface area (Å²) in [5.74, 6) is 0.484. The number of carboxylic acid groups (broad SMARTS) is 1. The van der Waals surface area contributed by atoms with Crippen molar-refractivity contribution in [1.82, 2.24) is 0 Å². The first-order valence-electron chi connectivity index (χ1n) is 6.18. The number of nitrogens with one attached hydrogen (secondary N) is 1. The van der Waals surface area contributed by atoms with Crippen LogP contribution in [0, 0.1) is 0 Å². The molecule has 0 aliphatic carbocycles. The molecular weight excluding hydrogens is 250 g/mol. The Hall–Kier alpha value is -1.95. The second-order valence-electron chi connectivity index (χ2n) is 4.33. The van der Waals surface area contributed by atoms with Gasteiger partial charge in [0, 0.05) is 24.7 Å². The van der Waals surface area contributed by atoms with Crippen molar-refractivity contribution in [3.05, 3.63) is 18.2 Å². The number of fused-ring (bicyclic) bond motifs is 1. The lowest BCUT2D eigenvalue weighted by molar-refractivity contribution is -0.137. The molecule has 0 fully saturated rings. The summed E-state index contributed by atoms with van der Waals surface area (Å²) in [6.45, 7) is 1.37. The van der Waals surface area contributed by atoms with E-state index in [2.05, 4.69) is 5.32 Å². The standard InChI is InChI=1S/C13H17NO5/c15-10(2-4-13(16)17)8-14-9-1-3-11-12(7-9)19-6-5-18-11/h1,3,7,10,14-15H,2,4-6,8H2,(H,16,17).